The third kappa shape index (κ3) is 3.53. The topological polar surface area (TPSA) is 68.7 Å². The predicted molar refractivity (Wildman–Crippen MR) is 90.8 cm³/mol. The first-order valence-electron chi connectivity index (χ1n) is 7.89. The summed E-state index contributed by atoms with van der Waals surface area (Å²) >= 11 is 0. The quantitative estimate of drug-likeness (QED) is 0.691. The Morgan fingerprint density at radius 3 is 2.70 bits per heavy atom. The highest BCUT2D eigenvalue weighted by Gasteiger charge is 2.13. The molecule has 1 aliphatic heterocycles. The summed E-state index contributed by atoms with van der Waals surface area (Å²) in [5.41, 5.74) is 10.4. The van der Waals surface area contributed by atoms with Gasteiger partial charge in [0.15, 0.2) is 5.96 Å². The average molecular weight is 313 g/mol. The second-order valence-corrected chi connectivity index (χ2v) is 5.74. The van der Waals surface area contributed by atoms with Crippen molar-refractivity contribution in [3.05, 3.63) is 47.3 Å². The molecule has 1 aliphatic rings. The van der Waals surface area contributed by atoms with Crippen LogP contribution >= 0.6 is 0 Å². The van der Waals surface area contributed by atoms with E-state index in [-0.39, 0.29) is 0 Å². The normalized spacial score (nSPS) is 15.9. The van der Waals surface area contributed by atoms with Crippen LogP contribution in [0.2, 0.25) is 0 Å². The van der Waals surface area contributed by atoms with Crippen LogP contribution < -0.4 is 5.73 Å². The van der Waals surface area contributed by atoms with Gasteiger partial charge in [0, 0.05) is 18.8 Å². The van der Waals surface area contributed by atoms with Crippen molar-refractivity contribution in [3.8, 4) is 5.69 Å². The lowest BCUT2D eigenvalue weighted by Gasteiger charge is -2.27. The van der Waals surface area contributed by atoms with Gasteiger partial charge in [-0.3, -0.25) is 0 Å². The van der Waals surface area contributed by atoms with Crippen molar-refractivity contribution in [3.63, 3.8) is 0 Å². The Hall–Kier alpha value is -2.34. The molecule has 6 heteroatoms. The molecule has 0 saturated carbocycles. The van der Waals surface area contributed by atoms with Crippen LogP contribution in [0.5, 0.6) is 0 Å². The van der Waals surface area contributed by atoms with Crippen LogP contribution in [0.4, 0.5) is 0 Å². The van der Waals surface area contributed by atoms with E-state index >= 15 is 0 Å². The summed E-state index contributed by atoms with van der Waals surface area (Å²) in [4.78, 5) is 6.63. The van der Waals surface area contributed by atoms with Gasteiger partial charge < -0.3 is 15.4 Å². The molecule has 2 aromatic rings. The Balaban J connectivity index is 1.82. The lowest BCUT2D eigenvalue weighted by molar-refractivity contribution is 0.0674. The van der Waals surface area contributed by atoms with Gasteiger partial charge in [-0.15, -0.1) is 0 Å². The molecular weight excluding hydrogens is 290 g/mol. The summed E-state index contributed by atoms with van der Waals surface area (Å²) in [5, 5.41) is 4.57. The SMILES string of the molecule is Cc1cc(C)n(-c2ccccc2CN=C(N)N2CCOCC2)n1. The number of rotatable bonds is 3. The molecule has 1 aromatic heterocycles. The maximum Gasteiger partial charge on any atom is 0.191 e. The number of aryl methyl sites for hydroxylation is 2. The molecule has 2 heterocycles. The Labute approximate surface area is 136 Å². The molecule has 3 rings (SSSR count). The smallest absolute Gasteiger partial charge is 0.191 e. The molecule has 1 saturated heterocycles. The van der Waals surface area contributed by atoms with Crippen LogP contribution in [0.25, 0.3) is 5.69 Å². The number of para-hydroxylation sites is 1. The summed E-state index contributed by atoms with van der Waals surface area (Å²) < 4.78 is 7.30. The lowest BCUT2D eigenvalue weighted by Crippen LogP contribution is -2.44. The minimum Gasteiger partial charge on any atom is -0.378 e. The number of aliphatic imine (C=N–C) groups is 1. The molecule has 2 N–H and O–H groups in total. The minimum absolute atomic E-state index is 0.539. The molecule has 1 fully saturated rings. The summed E-state index contributed by atoms with van der Waals surface area (Å²) in [6.07, 6.45) is 0. The molecule has 122 valence electrons. The van der Waals surface area contributed by atoms with Crippen LogP contribution in [0, 0.1) is 13.8 Å². The van der Waals surface area contributed by atoms with Gasteiger partial charge in [0.1, 0.15) is 0 Å². The van der Waals surface area contributed by atoms with Crippen molar-refractivity contribution >= 4 is 5.96 Å². The lowest BCUT2D eigenvalue weighted by atomic mass is 10.2. The number of ether oxygens (including phenoxy) is 1. The first-order valence-corrected chi connectivity index (χ1v) is 7.89. The highest BCUT2D eigenvalue weighted by molar-refractivity contribution is 5.78. The first-order chi connectivity index (χ1) is 11.1. The minimum atomic E-state index is 0.539. The molecule has 0 amide bonds. The molecule has 0 spiro atoms. The van der Waals surface area contributed by atoms with E-state index < -0.39 is 0 Å². The molecule has 0 aliphatic carbocycles. The van der Waals surface area contributed by atoms with Gasteiger partial charge in [-0.1, -0.05) is 18.2 Å². The second kappa shape index (κ2) is 6.83. The van der Waals surface area contributed by atoms with Gasteiger partial charge in [-0.05, 0) is 31.5 Å². The van der Waals surface area contributed by atoms with Gasteiger partial charge in [-0.25, -0.2) is 9.67 Å². The number of aromatic nitrogens is 2. The van der Waals surface area contributed by atoms with Crippen LogP contribution in [0.15, 0.2) is 35.3 Å². The van der Waals surface area contributed by atoms with Gasteiger partial charge in [-0.2, -0.15) is 5.10 Å². The number of hydrogen-bond donors (Lipinski definition) is 1. The highest BCUT2D eigenvalue weighted by atomic mass is 16.5. The molecule has 0 unspecified atom stereocenters. The van der Waals surface area contributed by atoms with E-state index in [0.29, 0.717) is 25.7 Å². The zero-order valence-electron chi connectivity index (χ0n) is 13.7. The van der Waals surface area contributed by atoms with Gasteiger partial charge in [0.05, 0.1) is 31.1 Å². The van der Waals surface area contributed by atoms with Crippen LogP contribution in [-0.4, -0.2) is 46.9 Å². The van der Waals surface area contributed by atoms with E-state index in [0.717, 1.165) is 35.7 Å². The number of morpholine rings is 1. The van der Waals surface area contributed by atoms with E-state index in [1.54, 1.807) is 0 Å². The maximum absolute atomic E-state index is 6.12. The van der Waals surface area contributed by atoms with E-state index in [1.807, 2.05) is 23.7 Å². The zero-order valence-corrected chi connectivity index (χ0v) is 13.7. The Morgan fingerprint density at radius 1 is 1.26 bits per heavy atom. The number of benzene rings is 1. The molecule has 0 radical (unpaired) electrons. The van der Waals surface area contributed by atoms with E-state index in [4.69, 9.17) is 10.5 Å². The fourth-order valence-electron chi connectivity index (χ4n) is 2.78. The fourth-order valence-corrected chi connectivity index (χ4v) is 2.78. The Morgan fingerprint density at radius 2 is 2.00 bits per heavy atom. The molecular formula is C17H23N5O. The van der Waals surface area contributed by atoms with Crippen LogP contribution in [-0.2, 0) is 11.3 Å². The Bertz CT molecular complexity index is 701. The fraction of sp³-hybridized carbons (Fsp3) is 0.412. The highest BCUT2D eigenvalue weighted by Crippen LogP contribution is 2.18. The monoisotopic (exact) mass is 313 g/mol. The van der Waals surface area contributed by atoms with Crippen LogP contribution in [0.1, 0.15) is 17.0 Å². The van der Waals surface area contributed by atoms with Crippen molar-refractivity contribution < 1.29 is 4.74 Å². The first kappa shape index (κ1) is 15.6. The Kier molecular flexibility index (Phi) is 4.62. The van der Waals surface area contributed by atoms with Crippen molar-refractivity contribution in [2.24, 2.45) is 10.7 Å². The van der Waals surface area contributed by atoms with Crippen LogP contribution in [0.3, 0.4) is 0 Å². The van der Waals surface area contributed by atoms with E-state index in [1.165, 1.54) is 0 Å². The van der Waals surface area contributed by atoms with Crippen molar-refractivity contribution in [1.29, 1.82) is 0 Å². The summed E-state index contributed by atoms with van der Waals surface area (Å²) in [7, 11) is 0. The van der Waals surface area contributed by atoms with Crippen molar-refractivity contribution in [2.75, 3.05) is 26.3 Å². The standard InChI is InChI=1S/C17H23N5O/c1-13-11-14(2)22(20-13)16-6-4-3-5-15(16)12-19-17(18)21-7-9-23-10-8-21/h3-6,11H,7-10,12H2,1-2H3,(H2,18,19). The molecule has 0 bridgehead atoms. The maximum atomic E-state index is 6.12. The number of hydrogen-bond acceptors (Lipinski definition) is 3. The van der Waals surface area contributed by atoms with Gasteiger partial charge in [0.25, 0.3) is 0 Å². The third-order valence-electron chi connectivity index (χ3n) is 3.98. The molecule has 23 heavy (non-hydrogen) atoms. The summed E-state index contributed by atoms with van der Waals surface area (Å²) in [6.45, 7) is 7.61. The number of guanidine groups is 1. The largest absolute Gasteiger partial charge is 0.378 e. The van der Waals surface area contributed by atoms with E-state index in [2.05, 4.69) is 40.1 Å². The number of nitrogens with two attached hydrogens (primary N) is 1. The van der Waals surface area contributed by atoms with Gasteiger partial charge in [0.2, 0.25) is 0 Å². The van der Waals surface area contributed by atoms with E-state index in [9.17, 15) is 0 Å². The number of nitrogens with zero attached hydrogens (tertiary/aromatic N) is 4. The summed E-state index contributed by atoms with van der Waals surface area (Å²) in [6, 6.07) is 10.2. The molecule has 0 atom stereocenters. The summed E-state index contributed by atoms with van der Waals surface area (Å²) in [5.74, 6) is 0.580. The third-order valence-corrected chi connectivity index (χ3v) is 3.98. The zero-order chi connectivity index (χ0) is 16.2. The van der Waals surface area contributed by atoms with Gasteiger partial charge >= 0.3 is 0 Å². The van der Waals surface area contributed by atoms with Crippen molar-refractivity contribution in [1.82, 2.24) is 14.7 Å². The molecule has 1 aromatic carbocycles. The molecule has 6 nitrogen and oxygen atoms in total. The van der Waals surface area contributed by atoms with Crippen molar-refractivity contribution in [2.45, 2.75) is 20.4 Å². The average Bonchev–Trinajstić information content (AvgIpc) is 2.92. The predicted octanol–water partition coefficient (Wildman–Crippen LogP) is 1.64. The second-order valence-electron chi connectivity index (χ2n) is 5.74.